The van der Waals surface area contributed by atoms with Gasteiger partial charge in [-0.2, -0.15) is 0 Å². The molecule has 2 aliphatic rings. The molecule has 2 fully saturated rings. The van der Waals surface area contributed by atoms with E-state index in [0.717, 1.165) is 43.9 Å². The van der Waals surface area contributed by atoms with E-state index in [9.17, 15) is 4.79 Å². The summed E-state index contributed by atoms with van der Waals surface area (Å²) in [6.07, 6.45) is 4.16. The van der Waals surface area contributed by atoms with Gasteiger partial charge in [0.05, 0.1) is 5.92 Å². The third-order valence-corrected chi connectivity index (χ3v) is 4.64. The minimum absolute atomic E-state index is 0.0855. The molecule has 2 unspecified atom stereocenters. The number of nitrogens with zero attached hydrogens (tertiary/aromatic N) is 1. The third-order valence-electron chi connectivity index (χ3n) is 4.10. The molecule has 1 aliphatic heterocycles. The van der Waals surface area contributed by atoms with Gasteiger partial charge in [-0.15, -0.1) is 11.6 Å². The second-order valence-electron chi connectivity index (χ2n) is 5.14. The number of alkyl halides is 1. The molecule has 0 radical (unpaired) electrons. The summed E-state index contributed by atoms with van der Waals surface area (Å²) < 4.78 is 0. The molecule has 3 atom stereocenters. The maximum absolute atomic E-state index is 11.5. The van der Waals surface area contributed by atoms with Crippen molar-refractivity contribution >= 4 is 34.8 Å². The summed E-state index contributed by atoms with van der Waals surface area (Å²) in [7, 11) is 0. The van der Waals surface area contributed by atoms with Crippen LogP contribution in [-0.2, 0) is 4.79 Å². The lowest BCUT2D eigenvalue weighted by Crippen LogP contribution is -2.52. The monoisotopic (exact) mass is 289 g/mol. The number of carbonyl (C=O) groups excluding carboxylic acids is 1. The molecule has 2 rings (SSSR count). The third kappa shape index (κ3) is 2.88. The lowest BCUT2D eigenvalue weighted by molar-refractivity contribution is -0.124. The van der Waals surface area contributed by atoms with E-state index in [1.54, 1.807) is 0 Å². The number of thiocarbonyl (C=S) groups is 1. The summed E-state index contributed by atoms with van der Waals surface area (Å²) >= 11 is 11.2. The maximum Gasteiger partial charge on any atom is 0.222 e. The Hall–Kier alpha value is -0.550. The molecule has 0 spiro atoms. The predicted molar refractivity (Wildman–Crippen MR) is 76.5 cm³/mol. The molecule has 1 amide bonds. The van der Waals surface area contributed by atoms with Crippen LogP contribution in [0.15, 0.2) is 0 Å². The number of primary amides is 1. The van der Waals surface area contributed by atoms with Gasteiger partial charge in [-0.25, -0.2) is 0 Å². The van der Waals surface area contributed by atoms with Crippen LogP contribution in [-0.4, -0.2) is 40.9 Å². The number of hydrogen-bond acceptors (Lipinski definition) is 2. The zero-order valence-electron chi connectivity index (χ0n) is 10.4. The highest BCUT2D eigenvalue weighted by Crippen LogP contribution is 2.33. The van der Waals surface area contributed by atoms with Crippen LogP contribution in [0.25, 0.3) is 0 Å². The van der Waals surface area contributed by atoms with E-state index < -0.39 is 0 Å². The highest BCUT2D eigenvalue weighted by atomic mass is 35.5. The van der Waals surface area contributed by atoms with E-state index in [0.29, 0.717) is 11.8 Å². The van der Waals surface area contributed by atoms with Crippen molar-refractivity contribution in [3.63, 3.8) is 0 Å². The Morgan fingerprint density at radius 1 is 1.50 bits per heavy atom. The Morgan fingerprint density at radius 2 is 2.28 bits per heavy atom. The van der Waals surface area contributed by atoms with Gasteiger partial charge in [0.1, 0.15) is 0 Å². The second-order valence-corrected chi connectivity index (χ2v) is 5.90. The number of nitrogens with two attached hydrogens (primary N) is 1. The van der Waals surface area contributed by atoms with Crippen LogP contribution >= 0.6 is 23.8 Å². The molecule has 102 valence electrons. The molecule has 0 aromatic heterocycles. The number of fused-ring (bicyclic) bond motifs is 1. The van der Waals surface area contributed by atoms with Gasteiger partial charge in [-0.3, -0.25) is 4.79 Å². The van der Waals surface area contributed by atoms with Crippen molar-refractivity contribution in [3.05, 3.63) is 0 Å². The van der Waals surface area contributed by atoms with E-state index in [-0.39, 0.29) is 17.9 Å². The van der Waals surface area contributed by atoms with Gasteiger partial charge in [0.15, 0.2) is 5.11 Å². The SMILES string of the molecule is NC(=O)[C@H]1CCCC2CCN(CCCl)C(=S)NC21. The molecule has 0 bridgehead atoms. The minimum Gasteiger partial charge on any atom is -0.369 e. The first kappa shape index (κ1) is 13.9. The van der Waals surface area contributed by atoms with Crippen molar-refractivity contribution in [2.24, 2.45) is 17.6 Å². The van der Waals surface area contributed by atoms with E-state index >= 15 is 0 Å². The summed E-state index contributed by atoms with van der Waals surface area (Å²) in [5.41, 5.74) is 5.51. The summed E-state index contributed by atoms with van der Waals surface area (Å²) in [5, 5.41) is 4.06. The van der Waals surface area contributed by atoms with Gasteiger partial charge in [0.25, 0.3) is 0 Å². The maximum atomic E-state index is 11.5. The Morgan fingerprint density at radius 3 is 2.94 bits per heavy atom. The molecular weight excluding hydrogens is 270 g/mol. The molecule has 6 heteroatoms. The first-order chi connectivity index (χ1) is 8.63. The number of amides is 1. The lowest BCUT2D eigenvalue weighted by atomic mass is 9.75. The average Bonchev–Trinajstić information content (AvgIpc) is 2.49. The standard InChI is InChI=1S/C12H20ClN3OS/c13-5-7-16-6-4-8-2-1-3-9(11(14)17)10(8)15-12(16)18/h8-10H,1-7H2,(H2,14,17)(H,15,18)/t8?,9-,10?/m0/s1. The predicted octanol–water partition coefficient (Wildman–Crippen LogP) is 1.08. The molecule has 1 heterocycles. The Bertz CT molecular complexity index is 339. The highest BCUT2D eigenvalue weighted by molar-refractivity contribution is 7.80. The van der Waals surface area contributed by atoms with Crippen molar-refractivity contribution in [3.8, 4) is 0 Å². The Labute approximate surface area is 118 Å². The van der Waals surface area contributed by atoms with Crippen molar-refractivity contribution in [1.29, 1.82) is 0 Å². The zero-order valence-corrected chi connectivity index (χ0v) is 12.0. The Kier molecular flexibility index (Phi) is 4.67. The number of halogens is 1. The van der Waals surface area contributed by atoms with Crippen LogP contribution < -0.4 is 11.1 Å². The fraction of sp³-hybridized carbons (Fsp3) is 0.833. The van der Waals surface area contributed by atoms with Crippen LogP contribution in [0.4, 0.5) is 0 Å². The molecule has 1 saturated heterocycles. The van der Waals surface area contributed by atoms with Gasteiger partial charge in [-0.1, -0.05) is 6.42 Å². The fourth-order valence-electron chi connectivity index (χ4n) is 3.12. The topological polar surface area (TPSA) is 58.4 Å². The largest absolute Gasteiger partial charge is 0.369 e. The van der Waals surface area contributed by atoms with Crippen molar-refractivity contribution in [1.82, 2.24) is 10.2 Å². The van der Waals surface area contributed by atoms with Gasteiger partial charge in [0.2, 0.25) is 5.91 Å². The first-order valence-electron chi connectivity index (χ1n) is 6.54. The van der Waals surface area contributed by atoms with Crippen molar-refractivity contribution in [2.75, 3.05) is 19.0 Å². The van der Waals surface area contributed by atoms with Gasteiger partial charge < -0.3 is 16.0 Å². The van der Waals surface area contributed by atoms with E-state index in [1.807, 2.05) is 0 Å². The number of carbonyl (C=O) groups is 1. The number of rotatable bonds is 3. The van der Waals surface area contributed by atoms with Gasteiger partial charge >= 0.3 is 0 Å². The van der Waals surface area contributed by atoms with Gasteiger partial charge in [0, 0.05) is 25.0 Å². The lowest BCUT2D eigenvalue weighted by Gasteiger charge is -2.35. The van der Waals surface area contributed by atoms with Crippen LogP contribution in [0.1, 0.15) is 25.7 Å². The highest BCUT2D eigenvalue weighted by Gasteiger charge is 2.38. The molecule has 0 aromatic carbocycles. The van der Waals surface area contributed by atoms with Crippen LogP contribution in [0.5, 0.6) is 0 Å². The summed E-state index contributed by atoms with van der Waals surface area (Å²) in [6, 6.07) is 0.115. The number of nitrogens with one attached hydrogen (secondary N) is 1. The number of hydrogen-bond donors (Lipinski definition) is 2. The van der Waals surface area contributed by atoms with E-state index in [1.165, 1.54) is 0 Å². The quantitative estimate of drug-likeness (QED) is 0.603. The molecule has 1 aliphatic carbocycles. The summed E-state index contributed by atoms with van der Waals surface area (Å²) in [5.74, 6) is 0.772. The molecule has 0 aromatic rings. The molecule has 18 heavy (non-hydrogen) atoms. The first-order valence-corrected chi connectivity index (χ1v) is 7.48. The van der Waals surface area contributed by atoms with E-state index in [4.69, 9.17) is 29.6 Å². The normalized spacial score (nSPS) is 32.4. The summed E-state index contributed by atoms with van der Waals surface area (Å²) in [4.78, 5) is 13.6. The molecule has 4 nitrogen and oxygen atoms in total. The van der Waals surface area contributed by atoms with Crippen molar-refractivity contribution < 1.29 is 4.79 Å². The molecular formula is C12H20ClN3OS. The zero-order chi connectivity index (χ0) is 13.1. The Balaban J connectivity index is 2.11. The van der Waals surface area contributed by atoms with Crippen molar-refractivity contribution in [2.45, 2.75) is 31.7 Å². The second kappa shape index (κ2) is 6.06. The van der Waals surface area contributed by atoms with Gasteiger partial charge in [-0.05, 0) is 37.4 Å². The van der Waals surface area contributed by atoms with Crippen LogP contribution in [0, 0.1) is 11.8 Å². The smallest absolute Gasteiger partial charge is 0.222 e. The minimum atomic E-state index is -0.203. The average molecular weight is 290 g/mol. The summed E-state index contributed by atoms with van der Waals surface area (Å²) in [6.45, 7) is 1.68. The van der Waals surface area contributed by atoms with Crippen LogP contribution in [0.3, 0.4) is 0 Å². The van der Waals surface area contributed by atoms with Crippen LogP contribution in [0.2, 0.25) is 0 Å². The van der Waals surface area contributed by atoms with E-state index in [2.05, 4.69) is 10.2 Å². The molecule has 1 saturated carbocycles. The fourth-order valence-corrected chi connectivity index (χ4v) is 3.64. The molecule has 3 N–H and O–H groups in total.